The van der Waals surface area contributed by atoms with E-state index in [1.807, 2.05) is 24.9 Å². The van der Waals surface area contributed by atoms with E-state index in [-0.39, 0.29) is 0 Å². The fraction of sp³-hybridized carbons (Fsp3) is 0.636. The third-order valence-corrected chi connectivity index (χ3v) is 3.27. The lowest BCUT2D eigenvalue weighted by atomic mass is 10.2. The summed E-state index contributed by atoms with van der Waals surface area (Å²) in [4.78, 5) is 10.7. The number of thioether (sulfide) groups is 1. The van der Waals surface area contributed by atoms with Crippen LogP contribution in [0, 0.1) is 0 Å². The van der Waals surface area contributed by atoms with Gasteiger partial charge in [-0.25, -0.2) is 4.98 Å². The molecule has 1 N–H and O–H groups in total. The van der Waals surface area contributed by atoms with Crippen LogP contribution >= 0.6 is 11.8 Å². The van der Waals surface area contributed by atoms with Crippen molar-refractivity contribution in [2.75, 3.05) is 36.3 Å². The molecular weight excluding hydrogens is 220 g/mol. The third kappa shape index (κ3) is 3.56. The van der Waals surface area contributed by atoms with Crippen LogP contribution in [-0.2, 0) is 0 Å². The van der Waals surface area contributed by atoms with Crippen molar-refractivity contribution in [2.24, 2.45) is 0 Å². The van der Waals surface area contributed by atoms with E-state index in [1.165, 1.54) is 5.75 Å². The molecule has 16 heavy (non-hydrogen) atoms. The minimum Gasteiger partial charge on any atom is -0.357 e. The standard InChI is InChI=1S/C11H20N4S/c1-9(6-8-16-4)15(3)10-5-7-13-11(12-2)14-10/h5,7,9H,6,8H2,1-4H3,(H,12,13,14). The van der Waals surface area contributed by atoms with Crippen LogP contribution in [0.1, 0.15) is 13.3 Å². The minimum atomic E-state index is 0.493. The van der Waals surface area contributed by atoms with Gasteiger partial charge in [-0.05, 0) is 31.4 Å². The fourth-order valence-electron chi connectivity index (χ4n) is 1.37. The summed E-state index contributed by atoms with van der Waals surface area (Å²) >= 11 is 1.88. The molecule has 0 bridgehead atoms. The van der Waals surface area contributed by atoms with Crippen LogP contribution in [0.2, 0.25) is 0 Å². The van der Waals surface area contributed by atoms with Crippen LogP contribution in [0.25, 0.3) is 0 Å². The highest BCUT2D eigenvalue weighted by atomic mass is 32.2. The molecule has 0 aromatic carbocycles. The number of nitrogens with zero attached hydrogens (tertiary/aromatic N) is 3. The molecule has 0 amide bonds. The largest absolute Gasteiger partial charge is 0.357 e. The lowest BCUT2D eigenvalue weighted by Crippen LogP contribution is -2.30. The molecule has 0 saturated carbocycles. The first-order valence-electron chi connectivity index (χ1n) is 5.41. The minimum absolute atomic E-state index is 0.493. The van der Waals surface area contributed by atoms with Gasteiger partial charge in [0.1, 0.15) is 5.82 Å². The van der Waals surface area contributed by atoms with Crippen molar-refractivity contribution in [2.45, 2.75) is 19.4 Å². The lowest BCUT2D eigenvalue weighted by molar-refractivity contribution is 0.662. The highest BCUT2D eigenvalue weighted by molar-refractivity contribution is 7.98. The third-order valence-electron chi connectivity index (χ3n) is 2.63. The molecule has 0 radical (unpaired) electrons. The first-order chi connectivity index (χ1) is 7.69. The fourth-order valence-corrected chi connectivity index (χ4v) is 1.95. The average Bonchev–Trinajstić information content (AvgIpc) is 2.35. The van der Waals surface area contributed by atoms with Crippen LogP contribution in [0.3, 0.4) is 0 Å². The zero-order valence-electron chi connectivity index (χ0n) is 10.4. The van der Waals surface area contributed by atoms with Gasteiger partial charge in [0.2, 0.25) is 5.95 Å². The van der Waals surface area contributed by atoms with Crippen molar-refractivity contribution < 1.29 is 0 Å². The summed E-state index contributed by atoms with van der Waals surface area (Å²) in [6, 6.07) is 2.43. The Bertz CT molecular complexity index is 319. The predicted octanol–water partition coefficient (Wildman–Crippen LogP) is 2.10. The zero-order valence-corrected chi connectivity index (χ0v) is 11.2. The van der Waals surface area contributed by atoms with E-state index in [0.717, 1.165) is 12.2 Å². The predicted molar refractivity (Wildman–Crippen MR) is 72.4 cm³/mol. The van der Waals surface area contributed by atoms with Gasteiger partial charge in [0, 0.05) is 26.3 Å². The Labute approximate surface area is 102 Å². The number of rotatable bonds is 6. The molecule has 0 fully saturated rings. The van der Waals surface area contributed by atoms with Gasteiger partial charge in [-0.1, -0.05) is 0 Å². The second-order valence-corrected chi connectivity index (χ2v) is 4.72. The van der Waals surface area contributed by atoms with Crippen molar-refractivity contribution in [3.05, 3.63) is 12.3 Å². The topological polar surface area (TPSA) is 41.1 Å². The molecule has 1 unspecified atom stereocenters. The summed E-state index contributed by atoms with van der Waals surface area (Å²) in [5, 5.41) is 2.95. The summed E-state index contributed by atoms with van der Waals surface area (Å²) in [5.74, 6) is 2.81. The number of hydrogen-bond acceptors (Lipinski definition) is 5. The Morgan fingerprint density at radius 1 is 1.56 bits per heavy atom. The normalized spacial score (nSPS) is 12.2. The first-order valence-corrected chi connectivity index (χ1v) is 6.81. The van der Waals surface area contributed by atoms with Gasteiger partial charge in [0.05, 0.1) is 0 Å². The molecule has 5 heteroatoms. The molecule has 4 nitrogen and oxygen atoms in total. The van der Waals surface area contributed by atoms with Crippen molar-refractivity contribution in [1.82, 2.24) is 9.97 Å². The molecular formula is C11H20N4S. The molecule has 0 aliphatic heterocycles. The molecule has 0 spiro atoms. The molecule has 1 rings (SSSR count). The molecule has 0 aliphatic rings. The van der Waals surface area contributed by atoms with Gasteiger partial charge >= 0.3 is 0 Å². The van der Waals surface area contributed by atoms with Gasteiger partial charge in [-0.2, -0.15) is 16.7 Å². The number of hydrogen-bond donors (Lipinski definition) is 1. The highest BCUT2D eigenvalue weighted by Crippen LogP contribution is 2.15. The summed E-state index contributed by atoms with van der Waals surface area (Å²) in [6.07, 6.45) is 5.08. The number of nitrogens with one attached hydrogen (secondary N) is 1. The summed E-state index contributed by atoms with van der Waals surface area (Å²) in [5.41, 5.74) is 0. The van der Waals surface area contributed by atoms with E-state index in [4.69, 9.17) is 0 Å². The molecule has 1 atom stereocenters. The highest BCUT2D eigenvalue weighted by Gasteiger charge is 2.11. The van der Waals surface area contributed by atoms with Crippen LogP contribution in [-0.4, -0.2) is 42.1 Å². The Hall–Kier alpha value is -0.970. The van der Waals surface area contributed by atoms with Crippen LogP contribution in [0.4, 0.5) is 11.8 Å². The molecule has 0 saturated heterocycles. The van der Waals surface area contributed by atoms with Crippen molar-refractivity contribution in [3.8, 4) is 0 Å². The Balaban J connectivity index is 2.67. The quantitative estimate of drug-likeness (QED) is 0.824. The van der Waals surface area contributed by atoms with Gasteiger partial charge in [-0.15, -0.1) is 0 Å². The summed E-state index contributed by atoms with van der Waals surface area (Å²) in [7, 11) is 3.91. The maximum Gasteiger partial charge on any atom is 0.224 e. The number of aromatic nitrogens is 2. The zero-order chi connectivity index (χ0) is 12.0. The first kappa shape index (κ1) is 13.1. The van der Waals surface area contributed by atoms with Gasteiger partial charge in [-0.3, -0.25) is 0 Å². The van der Waals surface area contributed by atoms with E-state index < -0.39 is 0 Å². The summed E-state index contributed by atoms with van der Waals surface area (Å²) in [6.45, 7) is 2.22. The molecule has 1 aromatic heterocycles. The van der Waals surface area contributed by atoms with Gasteiger partial charge < -0.3 is 10.2 Å². The van der Waals surface area contributed by atoms with E-state index in [1.54, 1.807) is 6.20 Å². The molecule has 90 valence electrons. The molecule has 1 heterocycles. The van der Waals surface area contributed by atoms with Crippen LogP contribution in [0.15, 0.2) is 12.3 Å². The number of anilines is 2. The van der Waals surface area contributed by atoms with Gasteiger partial charge in [0.15, 0.2) is 0 Å². The van der Waals surface area contributed by atoms with Crippen LogP contribution in [0.5, 0.6) is 0 Å². The van der Waals surface area contributed by atoms with E-state index in [0.29, 0.717) is 12.0 Å². The second kappa shape index (κ2) is 6.58. The SMILES string of the molecule is CNc1nccc(N(C)C(C)CCSC)n1. The van der Waals surface area contributed by atoms with E-state index in [2.05, 4.69) is 40.4 Å². The van der Waals surface area contributed by atoms with E-state index in [9.17, 15) is 0 Å². The Morgan fingerprint density at radius 3 is 2.94 bits per heavy atom. The van der Waals surface area contributed by atoms with Crippen molar-refractivity contribution >= 4 is 23.5 Å². The van der Waals surface area contributed by atoms with Crippen molar-refractivity contribution in [1.29, 1.82) is 0 Å². The lowest BCUT2D eigenvalue weighted by Gasteiger charge is -2.25. The average molecular weight is 240 g/mol. The van der Waals surface area contributed by atoms with E-state index >= 15 is 0 Å². The summed E-state index contributed by atoms with van der Waals surface area (Å²) < 4.78 is 0. The molecule has 1 aromatic rings. The maximum absolute atomic E-state index is 4.42. The monoisotopic (exact) mass is 240 g/mol. The Kier molecular flexibility index (Phi) is 5.38. The van der Waals surface area contributed by atoms with Gasteiger partial charge in [0.25, 0.3) is 0 Å². The molecule has 0 aliphatic carbocycles. The Morgan fingerprint density at radius 2 is 2.31 bits per heavy atom. The van der Waals surface area contributed by atoms with Crippen molar-refractivity contribution in [3.63, 3.8) is 0 Å². The second-order valence-electron chi connectivity index (χ2n) is 3.73. The smallest absolute Gasteiger partial charge is 0.224 e. The van der Waals surface area contributed by atoms with Crippen LogP contribution < -0.4 is 10.2 Å². The maximum atomic E-state index is 4.42.